The summed E-state index contributed by atoms with van der Waals surface area (Å²) in [5.74, 6) is -0.202. The third kappa shape index (κ3) is 3.11. The van der Waals surface area contributed by atoms with Crippen LogP contribution in [0.1, 0.15) is 15.2 Å². The molecule has 0 aliphatic rings. The minimum atomic E-state index is -0.202. The molecule has 22 heavy (non-hydrogen) atoms. The van der Waals surface area contributed by atoms with E-state index < -0.39 is 0 Å². The average molecular weight is 462 g/mol. The standard InChI is InChI=1S/C16H10Cl2INOS/c1-8-6-10(19)3-5-12(8)20-16(21)15-14(18)11-4-2-9(17)7-13(11)22-15/h2-7H,1H3,(H,20,21). The SMILES string of the molecule is Cc1cc(I)ccc1NC(=O)c1sc2cc(Cl)ccc2c1Cl. The Labute approximate surface area is 155 Å². The highest BCUT2D eigenvalue weighted by Crippen LogP contribution is 2.37. The summed E-state index contributed by atoms with van der Waals surface area (Å²) in [6.45, 7) is 1.96. The molecule has 0 saturated heterocycles. The third-order valence-electron chi connectivity index (χ3n) is 3.23. The van der Waals surface area contributed by atoms with Gasteiger partial charge in [0.2, 0.25) is 0 Å². The van der Waals surface area contributed by atoms with E-state index in [1.54, 1.807) is 6.07 Å². The highest BCUT2D eigenvalue weighted by molar-refractivity contribution is 14.1. The lowest BCUT2D eigenvalue weighted by Crippen LogP contribution is -2.11. The van der Waals surface area contributed by atoms with Crippen molar-refractivity contribution in [3.8, 4) is 0 Å². The first-order chi connectivity index (χ1) is 10.5. The topological polar surface area (TPSA) is 29.1 Å². The Kier molecular flexibility index (Phi) is 4.64. The second kappa shape index (κ2) is 6.35. The Bertz CT molecular complexity index is 891. The van der Waals surface area contributed by atoms with Crippen LogP contribution in [0.25, 0.3) is 10.1 Å². The first-order valence-electron chi connectivity index (χ1n) is 6.41. The van der Waals surface area contributed by atoms with E-state index in [4.69, 9.17) is 23.2 Å². The van der Waals surface area contributed by atoms with Crippen molar-refractivity contribution < 1.29 is 4.79 Å². The summed E-state index contributed by atoms with van der Waals surface area (Å²) in [7, 11) is 0. The number of halogens is 3. The van der Waals surface area contributed by atoms with Crippen LogP contribution in [0.15, 0.2) is 36.4 Å². The number of benzene rings is 2. The molecular weight excluding hydrogens is 452 g/mol. The minimum absolute atomic E-state index is 0.202. The maximum absolute atomic E-state index is 12.5. The second-order valence-corrected chi connectivity index (χ2v) is 7.91. The molecule has 0 bridgehead atoms. The number of thiophene rings is 1. The molecule has 2 aromatic carbocycles. The first kappa shape index (κ1) is 16.1. The van der Waals surface area contributed by atoms with E-state index in [1.807, 2.05) is 37.3 Å². The largest absolute Gasteiger partial charge is 0.321 e. The van der Waals surface area contributed by atoms with Crippen LogP contribution in [-0.4, -0.2) is 5.91 Å². The van der Waals surface area contributed by atoms with Crippen molar-refractivity contribution in [1.82, 2.24) is 0 Å². The van der Waals surface area contributed by atoms with E-state index in [9.17, 15) is 4.79 Å². The molecule has 0 spiro atoms. The fourth-order valence-electron chi connectivity index (χ4n) is 2.13. The van der Waals surface area contributed by atoms with E-state index in [0.29, 0.717) is 14.9 Å². The molecule has 112 valence electrons. The maximum Gasteiger partial charge on any atom is 0.267 e. The molecule has 0 radical (unpaired) electrons. The van der Waals surface area contributed by atoms with Gasteiger partial charge in [0.05, 0.1) is 5.02 Å². The summed E-state index contributed by atoms with van der Waals surface area (Å²) < 4.78 is 2.03. The van der Waals surface area contributed by atoms with Crippen LogP contribution in [0.5, 0.6) is 0 Å². The van der Waals surface area contributed by atoms with Crippen LogP contribution < -0.4 is 5.32 Å². The lowest BCUT2D eigenvalue weighted by Gasteiger charge is -2.08. The minimum Gasteiger partial charge on any atom is -0.321 e. The molecule has 0 atom stereocenters. The van der Waals surface area contributed by atoms with Gasteiger partial charge in [-0.25, -0.2) is 0 Å². The number of hydrogen-bond donors (Lipinski definition) is 1. The van der Waals surface area contributed by atoms with Gasteiger partial charge in [-0.15, -0.1) is 11.3 Å². The summed E-state index contributed by atoms with van der Waals surface area (Å²) >= 11 is 15.9. The Morgan fingerprint density at radius 2 is 1.95 bits per heavy atom. The molecule has 1 N–H and O–H groups in total. The number of rotatable bonds is 2. The molecule has 1 amide bonds. The van der Waals surface area contributed by atoms with Gasteiger partial charge >= 0.3 is 0 Å². The average Bonchev–Trinajstić information content (AvgIpc) is 2.78. The zero-order valence-corrected chi connectivity index (χ0v) is 15.9. The maximum atomic E-state index is 12.5. The van der Waals surface area contributed by atoms with Crippen LogP contribution in [0.2, 0.25) is 10.0 Å². The monoisotopic (exact) mass is 461 g/mol. The van der Waals surface area contributed by atoms with Crippen LogP contribution in [0.4, 0.5) is 5.69 Å². The molecule has 0 fully saturated rings. The molecule has 6 heteroatoms. The van der Waals surface area contributed by atoms with Crippen LogP contribution in [0.3, 0.4) is 0 Å². The lowest BCUT2D eigenvalue weighted by molar-refractivity contribution is 0.103. The summed E-state index contributed by atoms with van der Waals surface area (Å²) in [6, 6.07) is 11.3. The number of hydrogen-bond acceptors (Lipinski definition) is 2. The van der Waals surface area contributed by atoms with Crippen molar-refractivity contribution in [2.24, 2.45) is 0 Å². The van der Waals surface area contributed by atoms with Gasteiger partial charge in [0.25, 0.3) is 5.91 Å². The van der Waals surface area contributed by atoms with Gasteiger partial charge in [-0.2, -0.15) is 0 Å². The van der Waals surface area contributed by atoms with Gasteiger partial charge in [-0.3, -0.25) is 4.79 Å². The predicted molar refractivity (Wildman–Crippen MR) is 104 cm³/mol. The molecule has 1 heterocycles. The number of carbonyl (C=O) groups is 1. The highest BCUT2D eigenvalue weighted by atomic mass is 127. The number of nitrogens with one attached hydrogen (secondary N) is 1. The summed E-state index contributed by atoms with van der Waals surface area (Å²) in [6.07, 6.45) is 0. The normalized spacial score (nSPS) is 10.9. The molecular formula is C16H10Cl2INOS. The van der Waals surface area contributed by atoms with E-state index in [2.05, 4.69) is 27.9 Å². The lowest BCUT2D eigenvalue weighted by atomic mass is 10.2. The van der Waals surface area contributed by atoms with Gasteiger partial charge in [-0.1, -0.05) is 29.3 Å². The molecule has 0 aliphatic carbocycles. The fraction of sp³-hybridized carbons (Fsp3) is 0.0625. The number of anilines is 1. The zero-order valence-electron chi connectivity index (χ0n) is 11.4. The van der Waals surface area contributed by atoms with E-state index in [0.717, 1.165) is 24.9 Å². The van der Waals surface area contributed by atoms with Crippen LogP contribution >= 0.6 is 57.1 Å². The Balaban J connectivity index is 1.97. The van der Waals surface area contributed by atoms with Gasteiger partial charge in [-0.05, 0) is 65.4 Å². The van der Waals surface area contributed by atoms with Crippen molar-refractivity contribution in [1.29, 1.82) is 0 Å². The van der Waals surface area contributed by atoms with E-state index in [-0.39, 0.29) is 5.91 Å². The van der Waals surface area contributed by atoms with Crippen LogP contribution in [0, 0.1) is 10.5 Å². The van der Waals surface area contributed by atoms with Crippen molar-refractivity contribution in [3.63, 3.8) is 0 Å². The van der Waals surface area contributed by atoms with Crippen molar-refractivity contribution in [2.45, 2.75) is 6.92 Å². The van der Waals surface area contributed by atoms with Gasteiger partial charge in [0.15, 0.2) is 0 Å². The molecule has 0 unspecified atom stereocenters. The van der Waals surface area contributed by atoms with Gasteiger partial charge in [0, 0.05) is 24.4 Å². The van der Waals surface area contributed by atoms with Gasteiger partial charge < -0.3 is 5.32 Å². The summed E-state index contributed by atoms with van der Waals surface area (Å²) in [5, 5.41) is 4.87. The first-order valence-corrected chi connectivity index (χ1v) is 9.06. The number of fused-ring (bicyclic) bond motifs is 1. The third-order valence-corrected chi connectivity index (χ3v) is 5.80. The smallest absolute Gasteiger partial charge is 0.267 e. The summed E-state index contributed by atoms with van der Waals surface area (Å²) in [5.41, 5.74) is 1.80. The quantitative estimate of drug-likeness (QED) is 0.441. The predicted octanol–water partition coefficient (Wildman–Crippen LogP) is 6.37. The van der Waals surface area contributed by atoms with Gasteiger partial charge in [0.1, 0.15) is 4.88 Å². The van der Waals surface area contributed by atoms with Crippen molar-refractivity contribution >= 4 is 78.8 Å². The van der Waals surface area contributed by atoms with Crippen molar-refractivity contribution in [2.75, 3.05) is 5.32 Å². The Morgan fingerprint density at radius 3 is 2.68 bits per heavy atom. The van der Waals surface area contributed by atoms with Crippen molar-refractivity contribution in [3.05, 3.63) is 60.5 Å². The highest BCUT2D eigenvalue weighted by Gasteiger charge is 2.18. The number of carbonyl (C=O) groups excluding carboxylic acids is 1. The molecule has 3 rings (SSSR count). The Hall–Kier alpha value is -0.820. The number of aryl methyl sites for hydroxylation is 1. The molecule has 1 aromatic heterocycles. The fourth-order valence-corrected chi connectivity index (χ4v) is 4.47. The van der Waals surface area contributed by atoms with E-state index in [1.165, 1.54) is 11.3 Å². The van der Waals surface area contributed by atoms with E-state index >= 15 is 0 Å². The summed E-state index contributed by atoms with van der Waals surface area (Å²) in [4.78, 5) is 13.0. The molecule has 3 aromatic rings. The Morgan fingerprint density at radius 1 is 1.18 bits per heavy atom. The molecule has 0 aliphatic heterocycles. The molecule has 0 saturated carbocycles. The zero-order chi connectivity index (χ0) is 15.9. The molecule has 2 nitrogen and oxygen atoms in total. The van der Waals surface area contributed by atoms with Crippen LogP contribution in [-0.2, 0) is 0 Å². The second-order valence-electron chi connectivity index (χ2n) is 4.80. The number of amides is 1.